The third-order valence-electron chi connectivity index (χ3n) is 3.08. The predicted octanol–water partition coefficient (Wildman–Crippen LogP) is 1.64. The van der Waals surface area contributed by atoms with Gasteiger partial charge in [-0.05, 0) is 19.8 Å². The van der Waals surface area contributed by atoms with Gasteiger partial charge in [0.25, 0.3) is 6.01 Å². The first-order chi connectivity index (χ1) is 8.42. The Morgan fingerprint density at radius 3 is 2.83 bits per heavy atom. The molecule has 0 aliphatic carbocycles. The molecule has 102 valence electrons. The molecular formula is C12H21N3O3. The largest absolute Gasteiger partial charge is 0.461 e. The van der Waals surface area contributed by atoms with Gasteiger partial charge in [-0.1, -0.05) is 13.8 Å². The van der Waals surface area contributed by atoms with Crippen LogP contribution in [0.2, 0.25) is 0 Å². The molecule has 0 bridgehead atoms. The van der Waals surface area contributed by atoms with Crippen molar-refractivity contribution in [2.24, 2.45) is 11.7 Å². The second-order valence-corrected chi connectivity index (χ2v) is 4.66. The van der Waals surface area contributed by atoms with Gasteiger partial charge in [-0.15, -0.1) is 0 Å². The Morgan fingerprint density at radius 2 is 2.33 bits per heavy atom. The normalized spacial score (nSPS) is 14.3. The SMILES string of the molecule is CCOC(=O)c1coc(NC(C)(CN)C(C)C)n1. The van der Waals surface area contributed by atoms with Crippen molar-refractivity contribution in [3.8, 4) is 0 Å². The van der Waals surface area contributed by atoms with Crippen LogP contribution in [-0.2, 0) is 4.74 Å². The van der Waals surface area contributed by atoms with Crippen LogP contribution < -0.4 is 11.1 Å². The van der Waals surface area contributed by atoms with E-state index in [9.17, 15) is 4.79 Å². The van der Waals surface area contributed by atoms with E-state index in [0.29, 0.717) is 19.1 Å². The molecule has 1 aromatic rings. The quantitative estimate of drug-likeness (QED) is 0.751. The van der Waals surface area contributed by atoms with Crippen molar-refractivity contribution in [3.05, 3.63) is 12.0 Å². The number of carbonyl (C=O) groups is 1. The molecule has 3 N–H and O–H groups in total. The van der Waals surface area contributed by atoms with Crippen LogP contribution in [0.25, 0.3) is 0 Å². The fourth-order valence-corrected chi connectivity index (χ4v) is 1.31. The van der Waals surface area contributed by atoms with E-state index in [-0.39, 0.29) is 17.2 Å². The Balaban J connectivity index is 2.77. The monoisotopic (exact) mass is 255 g/mol. The van der Waals surface area contributed by atoms with Gasteiger partial charge in [-0.3, -0.25) is 0 Å². The molecule has 6 nitrogen and oxygen atoms in total. The van der Waals surface area contributed by atoms with Crippen molar-refractivity contribution in [1.82, 2.24) is 4.98 Å². The van der Waals surface area contributed by atoms with Crippen LogP contribution in [0.1, 0.15) is 38.2 Å². The van der Waals surface area contributed by atoms with E-state index in [1.54, 1.807) is 6.92 Å². The highest BCUT2D eigenvalue weighted by Crippen LogP contribution is 2.21. The molecule has 1 heterocycles. The van der Waals surface area contributed by atoms with Gasteiger partial charge in [0.1, 0.15) is 6.26 Å². The lowest BCUT2D eigenvalue weighted by Crippen LogP contribution is -2.47. The number of ether oxygens (including phenoxy) is 1. The van der Waals surface area contributed by atoms with Crippen LogP contribution in [0.5, 0.6) is 0 Å². The van der Waals surface area contributed by atoms with Crippen molar-refractivity contribution in [2.45, 2.75) is 33.2 Å². The van der Waals surface area contributed by atoms with Crippen molar-refractivity contribution in [1.29, 1.82) is 0 Å². The third kappa shape index (κ3) is 3.22. The zero-order chi connectivity index (χ0) is 13.8. The van der Waals surface area contributed by atoms with Gasteiger partial charge < -0.3 is 20.2 Å². The fraction of sp³-hybridized carbons (Fsp3) is 0.667. The number of hydrogen-bond donors (Lipinski definition) is 2. The second kappa shape index (κ2) is 5.86. The average Bonchev–Trinajstić information content (AvgIpc) is 2.77. The van der Waals surface area contributed by atoms with Crippen molar-refractivity contribution >= 4 is 12.0 Å². The number of carbonyl (C=O) groups excluding carboxylic acids is 1. The second-order valence-electron chi connectivity index (χ2n) is 4.66. The summed E-state index contributed by atoms with van der Waals surface area (Å²) in [7, 11) is 0. The summed E-state index contributed by atoms with van der Waals surface area (Å²) in [4.78, 5) is 15.5. The minimum atomic E-state index is -0.492. The smallest absolute Gasteiger partial charge is 0.360 e. The van der Waals surface area contributed by atoms with Gasteiger partial charge in [0.2, 0.25) is 0 Å². The molecule has 0 aromatic carbocycles. The first-order valence-corrected chi connectivity index (χ1v) is 6.03. The van der Waals surface area contributed by atoms with Crippen LogP contribution in [0.3, 0.4) is 0 Å². The number of anilines is 1. The number of rotatable bonds is 6. The molecule has 18 heavy (non-hydrogen) atoms. The first-order valence-electron chi connectivity index (χ1n) is 6.03. The van der Waals surface area contributed by atoms with Crippen molar-refractivity contribution in [2.75, 3.05) is 18.5 Å². The summed E-state index contributed by atoms with van der Waals surface area (Å²) < 4.78 is 10.0. The average molecular weight is 255 g/mol. The lowest BCUT2D eigenvalue weighted by molar-refractivity contribution is 0.0519. The van der Waals surface area contributed by atoms with Crippen LogP contribution in [-0.4, -0.2) is 29.6 Å². The highest BCUT2D eigenvalue weighted by molar-refractivity contribution is 5.87. The standard InChI is InChI=1S/C12H21N3O3/c1-5-17-10(16)9-6-18-11(14-9)15-12(4,7-13)8(2)3/h6,8H,5,7,13H2,1-4H3,(H,14,15). The number of aromatic nitrogens is 1. The molecule has 6 heteroatoms. The Kier molecular flexibility index (Phi) is 4.72. The summed E-state index contributed by atoms with van der Waals surface area (Å²) in [6, 6.07) is 0.278. The number of nitrogens with one attached hydrogen (secondary N) is 1. The van der Waals surface area contributed by atoms with E-state index in [1.165, 1.54) is 6.26 Å². The Bertz CT molecular complexity index is 403. The minimum Gasteiger partial charge on any atom is -0.461 e. The summed E-state index contributed by atoms with van der Waals surface area (Å²) in [6.07, 6.45) is 1.28. The zero-order valence-corrected chi connectivity index (χ0v) is 11.3. The maximum absolute atomic E-state index is 11.4. The molecule has 1 aromatic heterocycles. The minimum absolute atomic E-state index is 0.155. The summed E-state index contributed by atoms with van der Waals surface area (Å²) in [5.74, 6) is -0.200. The van der Waals surface area contributed by atoms with Gasteiger partial charge in [0.15, 0.2) is 5.69 Å². The number of esters is 1. The lowest BCUT2D eigenvalue weighted by atomic mass is 9.89. The molecule has 0 radical (unpaired) electrons. The maximum Gasteiger partial charge on any atom is 0.360 e. The molecule has 1 atom stereocenters. The molecule has 1 rings (SSSR count). The number of nitrogens with two attached hydrogens (primary N) is 1. The first kappa shape index (κ1) is 14.5. The molecule has 0 saturated heterocycles. The van der Waals surface area contributed by atoms with Gasteiger partial charge >= 0.3 is 5.97 Å². The number of nitrogens with zero attached hydrogens (tertiary/aromatic N) is 1. The van der Waals surface area contributed by atoms with E-state index in [1.807, 2.05) is 6.92 Å². The van der Waals surface area contributed by atoms with E-state index in [4.69, 9.17) is 14.9 Å². The Morgan fingerprint density at radius 1 is 1.67 bits per heavy atom. The van der Waals surface area contributed by atoms with Crippen molar-refractivity contribution in [3.63, 3.8) is 0 Å². The van der Waals surface area contributed by atoms with Crippen molar-refractivity contribution < 1.29 is 13.9 Å². The van der Waals surface area contributed by atoms with Gasteiger partial charge in [0, 0.05) is 6.54 Å². The van der Waals surface area contributed by atoms with E-state index in [0.717, 1.165) is 0 Å². The molecule has 1 unspecified atom stereocenters. The Labute approximate surface area is 107 Å². The molecule has 0 amide bonds. The molecule has 0 saturated carbocycles. The number of hydrogen-bond acceptors (Lipinski definition) is 6. The summed E-state index contributed by atoms with van der Waals surface area (Å²) in [6.45, 7) is 8.56. The highest BCUT2D eigenvalue weighted by Gasteiger charge is 2.28. The molecule has 0 spiro atoms. The van der Waals surface area contributed by atoms with Gasteiger partial charge in [-0.25, -0.2) is 4.79 Å². The maximum atomic E-state index is 11.4. The lowest BCUT2D eigenvalue weighted by Gasteiger charge is -2.32. The summed E-state index contributed by atoms with van der Waals surface area (Å²) in [5, 5.41) is 3.11. The Hall–Kier alpha value is -1.56. The van der Waals surface area contributed by atoms with Gasteiger partial charge in [-0.2, -0.15) is 4.98 Å². The highest BCUT2D eigenvalue weighted by atomic mass is 16.5. The molecule has 0 aliphatic rings. The summed E-state index contributed by atoms with van der Waals surface area (Å²) >= 11 is 0. The van der Waals surface area contributed by atoms with E-state index in [2.05, 4.69) is 24.1 Å². The van der Waals surface area contributed by atoms with Crippen LogP contribution in [0, 0.1) is 5.92 Å². The fourth-order valence-electron chi connectivity index (χ4n) is 1.31. The number of oxazole rings is 1. The molecule has 0 aliphatic heterocycles. The van der Waals surface area contributed by atoms with Gasteiger partial charge in [0.05, 0.1) is 12.1 Å². The van der Waals surface area contributed by atoms with E-state index < -0.39 is 5.97 Å². The predicted molar refractivity (Wildman–Crippen MR) is 68.4 cm³/mol. The van der Waals surface area contributed by atoms with E-state index >= 15 is 0 Å². The van der Waals surface area contributed by atoms with Crippen LogP contribution in [0.4, 0.5) is 6.01 Å². The summed E-state index contributed by atoms with van der Waals surface area (Å²) in [5.41, 5.74) is 5.57. The topological polar surface area (TPSA) is 90.4 Å². The van der Waals surface area contributed by atoms with Crippen LogP contribution >= 0.6 is 0 Å². The zero-order valence-electron chi connectivity index (χ0n) is 11.3. The molecular weight excluding hydrogens is 234 g/mol. The van der Waals surface area contributed by atoms with Crippen LogP contribution in [0.15, 0.2) is 10.7 Å². The molecule has 0 fully saturated rings. The third-order valence-corrected chi connectivity index (χ3v) is 3.08.